The number of imidazole rings is 1. The molecule has 1 amide bonds. The van der Waals surface area contributed by atoms with Gasteiger partial charge in [-0.2, -0.15) is 0 Å². The molecule has 1 fully saturated rings. The number of hydrogen-bond acceptors (Lipinski definition) is 3. The van der Waals surface area contributed by atoms with Crippen LogP contribution in [0.2, 0.25) is 0 Å². The Bertz CT molecular complexity index is 584. The summed E-state index contributed by atoms with van der Waals surface area (Å²) in [7, 11) is 0. The Balaban J connectivity index is 1.64. The lowest BCUT2D eigenvalue weighted by molar-refractivity contribution is 0.0699. The van der Waals surface area contributed by atoms with Crippen molar-refractivity contribution in [3.63, 3.8) is 0 Å². The van der Waals surface area contributed by atoms with Crippen LogP contribution >= 0.6 is 43.2 Å². The highest BCUT2D eigenvalue weighted by Gasteiger charge is 2.25. The number of aromatic nitrogens is 2. The normalized spacial score (nSPS) is 16.6. The first-order valence-corrected chi connectivity index (χ1v) is 8.77. The number of piperidine rings is 1. The maximum Gasteiger partial charge on any atom is 0.264 e. The van der Waals surface area contributed by atoms with Crippen LogP contribution in [0.5, 0.6) is 0 Å². The van der Waals surface area contributed by atoms with Gasteiger partial charge in [-0.25, -0.2) is 4.98 Å². The van der Waals surface area contributed by atoms with Crippen molar-refractivity contribution in [2.45, 2.75) is 18.9 Å². The van der Waals surface area contributed by atoms with E-state index in [2.05, 4.69) is 41.4 Å². The summed E-state index contributed by atoms with van der Waals surface area (Å²) in [4.78, 5) is 19.2. The van der Waals surface area contributed by atoms with Gasteiger partial charge in [0.1, 0.15) is 0 Å². The van der Waals surface area contributed by atoms with Gasteiger partial charge in [-0.05, 0) is 50.8 Å². The van der Waals surface area contributed by atoms with Crippen LogP contribution < -0.4 is 0 Å². The average molecular weight is 419 g/mol. The molecule has 3 heterocycles. The highest BCUT2D eigenvalue weighted by molar-refractivity contribution is 9.13. The van der Waals surface area contributed by atoms with Crippen molar-refractivity contribution in [3.05, 3.63) is 37.9 Å². The Hall–Kier alpha value is -0.660. The maximum atomic E-state index is 12.4. The molecule has 1 aliphatic rings. The molecule has 0 spiro atoms. The molecule has 0 aliphatic carbocycles. The van der Waals surface area contributed by atoms with Crippen LogP contribution in [0.1, 0.15) is 28.6 Å². The fourth-order valence-corrected chi connectivity index (χ4v) is 4.46. The van der Waals surface area contributed by atoms with E-state index in [-0.39, 0.29) is 5.91 Å². The van der Waals surface area contributed by atoms with E-state index in [1.165, 1.54) is 11.3 Å². The zero-order chi connectivity index (χ0) is 14.1. The van der Waals surface area contributed by atoms with Crippen LogP contribution in [0.15, 0.2) is 33.0 Å². The van der Waals surface area contributed by atoms with Crippen molar-refractivity contribution in [1.82, 2.24) is 14.5 Å². The molecular formula is C13H13Br2N3OS. The minimum absolute atomic E-state index is 0.130. The second kappa shape index (κ2) is 5.99. The SMILES string of the molecule is O=C(c1cc(Br)c(Br)s1)N1CCC(n2ccnc2)CC1. The first-order chi connectivity index (χ1) is 9.65. The summed E-state index contributed by atoms with van der Waals surface area (Å²) in [5, 5.41) is 0. The summed E-state index contributed by atoms with van der Waals surface area (Å²) in [5.41, 5.74) is 0. The predicted molar refractivity (Wildman–Crippen MR) is 86.1 cm³/mol. The summed E-state index contributed by atoms with van der Waals surface area (Å²) in [6.07, 6.45) is 7.62. The van der Waals surface area contributed by atoms with Gasteiger partial charge in [0.2, 0.25) is 0 Å². The third-order valence-corrected chi connectivity index (χ3v) is 6.80. The molecule has 20 heavy (non-hydrogen) atoms. The van der Waals surface area contributed by atoms with E-state index in [0.29, 0.717) is 6.04 Å². The molecule has 7 heteroatoms. The number of thiophene rings is 1. The Morgan fingerprint density at radius 1 is 1.35 bits per heavy atom. The third-order valence-electron chi connectivity index (χ3n) is 3.55. The van der Waals surface area contributed by atoms with E-state index in [1.807, 2.05) is 23.5 Å². The minimum atomic E-state index is 0.130. The molecule has 106 valence electrons. The van der Waals surface area contributed by atoms with Gasteiger partial charge in [-0.1, -0.05) is 0 Å². The van der Waals surface area contributed by atoms with Gasteiger partial charge in [-0.15, -0.1) is 11.3 Å². The molecule has 0 radical (unpaired) electrons. The minimum Gasteiger partial charge on any atom is -0.338 e. The average Bonchev–Trinajstić information content (AvgIpc) is 3.09. The number of carbonyl (C=O) groups excluding carboxylic acids is 1. The third kappa shape index (κ3) is 2.84. The van der Waals surface area contributed by atoms with E-state index in [1.54, 1.807) is 6.20 Å². The summed E-state index contributed by atoms with van der Waals surface area (Å²) in [6, 6.07) is 2.35. The van der Waals surface area contributed by atoms with Crippen LogP contribution in [-0.4, -0.2) is 33.4 Å². The van der Waals surface area contributed by atoms with Gasteiger partial charge in [0.15, 0.2) is 0 Å². The fourth-order valence-electron chi connectivity index (χ4n) is 2.46. The molecule has 2 aromatic rings. The van der Waals surface area contributed by atoms with E-state index in [0.717, 1.165) is 39.1 Å². The van der Waals surface area contributed by atoms with Gasteiger partial charge >= 0.3 is 0 Å². The molecule has 0 unspecified atom stereocenters. The lowest BCUT2D eigenvalue weighted by atomic mass is 10.0. The molecule has 3 rings (SSSR count). The standard InChI is InChI=1S/C13H13Br2N3OS/c14-10-7-11(20-12(10)15)13(19)17-4-1-9(2-5-17)18-6-3-16-8-18/h3,6-9H,1-2,4-5H2. The van der Waals surface area contributed by atoms with Crippen LogP contribution in [-0.2, 0) is 0 Å². The molecule has 0 atom stereocenters. The van der Waals surface area contributed by atoms with E-state index < -0.39 is 0 Å². The van der Waals surface area contributed by atoms with Crippen LogP contribution in [0, 0.1) is 0 Å². The van der Waals surface area contributed by atoms with Gasteiger partial charge in [0.25, 0.3) is 5.91 Å². The highest BCUT2D eigenvalue weighted by atomic mass is 79.9. The summed E-state index contributed by atoms with van der Waals surface area (Å²) >= 11 is 8.34. The monoisotopic (exact) mass is 417 g/mol. The quantitative estimate of drug-likeness (QED) is 0.740. The molecular weight excluding hydrogens is 406 g/mol. The molecule has 0 aromatic carbocycles. The van der Waals surface area contributed by atoms with Crippen LogP contribution in [0.4, 0.5) is 0 Å². The van der Waals surface area contributed by atoms with E-state index in [4.69, 9.17) is 0 Å². The molecule has 0 saturated carbocycles. The summed E-state index contributed by atoms with van der Waals surface area (Å²) < 4.78 is 4.05. The topological polar surface area (TPSA) is 38.1 Å². The van der Waals surface area contributed by atoms with Crippen molar-refractivity contribution < 1.29 is 4.79 Å². The molecule has 1 saturated heterocycles. The lowest BCUT2D eigenvalue weighted by Crippen LogP contribution is -2.38. The Labute approximate surface area is 138 Å². The predicted octanol–water partition coefficient (Wildman–Crippen LogP) is 3.95. The van der Waals surface area contributed by atoms with Crippen molar-refractivity contribution in [3.8, 4) is 0 Å². The number of likely N-dealkylation sites (tertiary alicyclic amines) is 1. The smallest absolute Gasteiger partial charge is 0.264 e. The van der Waals surface area contributed by atoms with Gasteiger partial charge in [0.05, 0.1) is 15.0 Å². The molecule has 4 nitrogen and oxygen atoms in total. The number of hydrogen-bond donors (Lipinski definition) is 0. The largest absolute Gasteiger partial charge is 0.338 e. The number of amides is 1. The Morgan fingerprint density at radius 3 is 2.65 bits per heavy atom. The van der Waals surface area contributed by atoms with Crippen molar-refractivity contribution in [2.75, 3.05) is 13.1 Å². The Kier molecular flexibility index (Phi) is 4.28. The zero-order valence-corrected chi connectivity index (χ0v) is 14.6. The van der Waals surface area contributed by atoms with E-state index >= 15 is 0 Å². The van der Waals surface area contributed by atoms with Gasteiger partial charge in [-0.3, -0.25) is 4.79 Å². The molecule has 0 N–H and O–H groups in total. The Morgan fingerprint density at radius 2 is 2.10 bits per heavy atom. The van der Waals surface area contributed by atoms with Crippen LogP contribution in [0.3, 0.4) is 0 Å². The highest BCUT2D eigenvalue weighted by Crippen LogP contribution is 2.33. The molecule has 1 aliphatic heterocycles. The zero-order valence-electron chi connectivity index (χ0n) is 10.6. The van der Waals surface area contributed by atoms with Crippen molar-refractivity contribution in [1.29, 1.82) is 0 Å². The fraction of sp³-hybridized carbons (Fsp3) is 0.385. The number of halogens is 2. The van der Waals surface area contributed by atoms with E-state index in [9.17, 15) is 4.79 Å². The maximum absolute atomic E-state index is 12.4. The first-order valence-electron chi connectivity index (χ1n) is 6.36. The van der Waals surface area contributed by atoms with Crippen LogP contribution in [0.25, 0.3) is 0 Å². The number of carbonyl (C=O) groups is 1. The molecule has 0 bridgehead atoms. The second-order valence-corrected chi connectivity index (χ2v) is 7.99. The summed E-state index contributed by atoms with van der Waals surface area (Å²) in [6.45, 7) is 1.60. The lowest BCUT2D eigenvalue weighted by Gasteiger charge is -2.32. The summed E-state index contributed by atoms with van der Waals surface area (Å²) in [5.74, 6) is 0.130. The second-order valence-electron chi connectivity index (χ2n) is 4.77. The number of rotatable bonds is 2. The first kappa shape index (κ1) is 14.3. The number of nitrogens with zero attached hydrogens (tertiary/aromatic N) is 3. The van der Waals surface area contributed by atoms with Crippen molar-refractivity contribution >= 4 is 49.1 Å². The van der Waals surface area contributed by atoms with Crippen molar-refractivity contribution in [2.24, 2.45) is 0 Å². The van der Waals surface area contributed by atoms with Gasteiger partial charge in [0, 0.05) is 36.0 Å². The molecule has 2 aromatic heterocycles. The van der Waals surface area contributed by atoms with Gasteiger partial charge < -0.3 is 9.47 Å².